The Morgan fingerprint density at radius 1 is 1.70 bits per heavy atom. The van der Waals surface area contributed by atoms with Crippen molar-refractivity contribution in [2.24, 2.45) is 5.73 Å². The molecule has 4 heteroatoms. The molecule has 0 aromatic rings. The molecule has 0 aromatic heterocycles. The maximum atomic E-state index is 10.7. The van der Waals surface area contributed by atoms with E-state index in [2.05, 4.69) is 17.4 Å². The number of allylic oxidation sites excluding steroid dienone is 1. The maximum Gasteiger partial charge on any atom is 0.346 e. The van der Waals surface area contributed by atoms with Crippen molar-refractivity contribution < 1.29 is 9.53 Å². The number of carbonyl (C=O) groups is 1. The van der Waals surface area contributed by atoms with Crippen molar-refractivity contribution >= 4 is 18.6 Å². The van der Waals surface area contributed by atoms with E-state index in [0.29, 0.717) is 12.3 Å². The molecule has 3 nitrogen and oxygen atoms in total. The first-order chi connectivity index (χ1) is 4.59. The van der Waals surface area contributed by atoms with Gasteiger partial charge in [0.05, 0.1) is 6.61 Å². The third kappa shape index (κ3) is 2.77. The van der Waals surface area contributed by atoms with Gasteiger partial charge < -0.3 is 10.5 Å². The van der Waals surface area contributed by atoms with Gasteiger partial charge >= 0.3 is 5.97 Å². The van der Waals surface area contributed by atoms with Crippen molar-refractivity contribution in [1.82, 2.24) is 0 Å². The molecule has 0 spiro atoms. The standard InChI is InChI=1S/C6H11NO2S/c1-3-9-6(8)5(10)4(2)7/h10H,3,7H2,1-2H3/b5-4+. The topological polar surface area (TPSA) is 52.3 Å². The highest BCUT2D eigenvalue weighted by Crippen LogP contribution is 2.05. The third-order valence-electron chi connectivity index (χ3n) is 0.842. The van der Waals surface area contributed by atoms with Crippen molar-refractivity contribution in [1.29, 1.82) is 0 Å². The lowest BCUT2D eigenvalue weighted by molar-refractivity contribution is -0.137. The highest BCUT2D eigenvalue weighted by Gasteiger charge is 2.06. The predicted molar refractivity (Wildman–Crippen MR) is 42.5 cm³/mol. The monoisotopic (exact) mass is 161 g/mol. The Morgan fingerprint density at radius 2 is 2.20 bits per heavy atom. The van der Waals surface area contributed by atoms with Crippen LogP contribution in [-0.4, -0.2) is 12.6 Å². The quantitative estimate of drug-likeness (QED) is 0.355. The molecule has 0 unspecified atom stereocenters. The normalized spacial score (nSPS) is 12.3. The summed E-state index contributed by atoms with van der Waals surface area (Å²) < 4.78 is 4.61. The summed E-state index contributed by atoms with van der Waals surface area (Å²) in [5.74, 6) is -0.467. The Kier molecular flexibility index (Phi) is 3.95. The molecular formula is C6H11NO2S. The van der Waals surface area contributed by atoms with Gasteiger partial charge in [0.2, 0.25) is 0 Å². The minimum absolute atomic E-state index is 0.182. The lowest BCUT2D eigenvalue weighted by atomic mass is 10.4. The number of esters is 1. The van der Waals surface area contributed by atoms with E-state index in [1.54, 1.807) is 13.8 Å². The van der Waals surface area contributed by atoms with Crippen LogP contribution < -0.4 is 5.73 Å². The van der Waals surface area contributed by atoms with Crippen LogP contribution in [0.4, 0.5) is 0 Å². The van der Waals surface area contributed by atoms with E-state index in [4.69, 9.17) is 5.73 Å². The summed E-state index contributed by atoms with van der Waals surface area (Å²) in [6.07, 6.45) is 0. The number of carbonyl (C=O) groups excluding carboxylic acids is 1. The van der Waals surface area contributed by atoms with E-state index in [1.165, 1.54) is 0 Å². The molecule has 0 saturated heterocycles. The molecule has 0 fully saturated rings. The van der Waals surface area contributed by atoms with Crippen LogP contribution in [0.5, 0.6) is 0 Å². The first kappa shape index (κ1) is 9.36. The molecule has 0 saturated carbocycles. The summed E-state index contributed by atoms with van der Waals surface area (Å²) in [6.45, 7) is 3.67. The van der Waals surface area contributed by atoms with E-state index in [1.807, 2.05) is 0 Å². The molecule has 58 valence electrons. The zero-order valence-electron chi connectivity index (χ0n) is 6.05. The van der Waals surface area contributed by atoms with Gasteiger partial charge in [0.25, 0.3) is 0 Å². The number of nitrogens with two attached hydrogens (primary N) is 1. The minimum atomic E-state index is -0.467. The Hall–Kier alpha value is -0.640. The molecule has 0 aliphatic heterocycles. The van der Waals surface area contributed by atoms with Crippen LogP contribution in [0.2, 0.25) is 0 Å². The second-order valence-electron chi connectivity index (χ2n) is 1.75. The summed E-state index contributed by atoms with van der Waals surface area (Å²) in [5.41, 5.74) is 5.65. The summed E-state index contributed by atoms with van der Waals surface area (Å²) in [6, 6.07) is 0. The molecule has 0 aliphatic carbocycles. The number of hydrogen-bond acceptors (Lipinski definition) is 4. The van der Waals surface area contributed by atoms with Crippen LogP contribution in [0.25, 0.3) is 0 Å². The van der Waals surface area contributed by atoms with Crippen LogP contribution in [0.15, 0.2) is 10.6 Å². The van der Waals surface area contributed by atoms with Crippen LogP contribution >= 0.6 is 12.6 Å². The van der Waals surface area contributed by atoms with E-state index in [9.17, 15) is 4.79 Å². The molecule has 0 radical (unpaired) electrons. The highest BCUT2D eigenvalue weighted by molar-refractivity contribution is 7.85. The first-order valence-electron chi connectivity index (χ1n) is 2.92. The molecular weight excluding hydrogens is 150 g/mol. The smallest absolute Gasteiger partial charge is 0.346 e. The van der Waals surface area contributed by atoms with Gasteiger partial charge in [0, 0.05) is 5.70 Å². The summed E-state index contributed by atoms with van der Waals surface area (Å²) in [7, 11) is 0. The molecule has 0 aromatic carbocycles. The SMILES string of the molecule is CCOC(=O)/C(S)=C(/C)N. The maximum absolute atomic E-state index is 10.7. The van der Waals surface area contributed by atoms with E-state index >= 15 is 0 Å². The molecule has 0 atom stereocenters. The third-order valence-corrected chi connectivity index (χ3v) is 1.38. The van der Waals surface area contributed by atoms with Gasteiger partial charge in [-0.3, -0.25) is 0 Å². The average molecular weight is 161 g/mol. The van der Waals surface area contributed by atoms with Crippen molar-refractivity contribution in [3.63, 3.8) is 0 Å². The Bertz CT molecular complexity index is 161. The van der Waals surface area contributed by atoms with Gasteiger partial charge in [0.15, 0.2) is 0 Å². The van der Waals surface area contributed by atoms with Crippen molar-refractivity contribution in [3.05, 3.63) is 10.6 Å². The fourth-order valence-electron chi connectivity index (χ4n) is 0.360. The minimum Gasteiger partial charge on any atom is -0.462 e. The zero-order chi connectivity index (χ0) is 8.15. The van der Waals surface area contributed by atoms with Crippen LogP contribution in [0.3, 0.4) is 0 Å². The largest absolute Gasteiger partial charge is 0.462 e. The van der Waals surface area contributed by atoms with Gasteiger partial charge in [-0.25, -0.2) is 4.79 Å². The van der Waals surface area contributed by atoms with E-state index < -0.39 is 5.97 Å². The Morgan fingerprint density at radius 3 is 2.50 bits per heavy atom. The second-order valence-corrected chi connectivity index (χ2v) is 2.20. The zero-order valence-corrected chi connectivity index (χ0v) is 6.94. The number of ether oxygens (including phenoxy) is 1. The van der Waals surface area contributed by atoms with Gasteiger partial charge in [-0.1, -0.05) is 0 Å². The Labute approximate surface area is 65.6 Å². The van der Waals surface area contributed by atoms with E-state index in [-0.39, 0.29) is 4.91 Å². The Balaban J connectivity index is 4.09. The lowest BCUT2D eigenvalue weighted by Crippen LogP contribution is -2.08. The van der Waals surface area contributed by atoms with Gasteiger partial charge in [0.1, 0.15) is 4.91 Å². The fourth-order valence-corrected chi connectivity index (χ4v) is 0.425. The second kappa shape index (κ2) is 4.22. The predicted octanol–water partition coefficient (Wildman–Crippen LogP) is 0.670. The average Bonchev–Trinajstić information content (AvgIpc) is 1.87. The molecule has 0 amide bonds. The summed E-state index contributed by atoms with van der Waals surface area (Å²) >= 11 is 3.83. The van der Waals surface area contributed by atoms with Crippen LogP contribution in [0, 0.1) is 0 Å². The number of rotatable bonds is 2. The molecule has 2 N–H and O–H groups in total. The van der Waals surface area contributed by atoms with Gasteiger partial charge in [-0.05, 0) is 13.8 Å². The van der Waals surface area contributed by atoms with Crippen molar-refractivity contribution in [2.75, 3.05) is 6.61 Å². The van der Waals surface area contributed by atoms with Crippen molar-refractivity contribution in [2.45, 2.75) is 13.8 Å². The molecule has 10 heavy (non-hydrogen) atoms. The first-order valence-corrected chi connectivity index (χ1v) is 3.36. The fraction of sp³-hybridized carbons (Fsp3) is 0.500. The van der Waals surface area contributed by atoms with Crippen LogP contribution in [0.1, 0.15) is 13.8 Å². The van der Waals surface area contributed by atoms with Crippen LogP contribution in [-0.2, 0) is 9.53 Å². The summed E-state index contributed by atoms with van der Waals surface area (Å²) in [4.78, 5) is 10.9. The van der Waals surface area contributed by atoms with Gasteiger partial charge in [-0.15, -0.1) is 12.6 Å². The molecule has 0 aliphatic rings. The summed E-state index contributed by atoms with van der Waals surface area (Å²) in [5, 5.41) is 0. The highest BCUT2D eigenvalue weighted by atomic mass is 32.1. The van der Waals surface area contributed by atoms with E-state index in [0.717, 1.165) is 0 Å². The molecule has 0 rings (SSSR count). The molecule has 0 heterocycles. The number of hydrogen-bond donors (Lipinski definition) is 2. The van der Waals surface area contributed by atoms with Gasteiger partial charge in [-0.2, -0.15) is 0 Å². The number of thiol groups is 1. The lowest BCUT2D eigenvalue weighted by Gasteiger charge is -2.00. The van der Waals surface area contributed by atoms with Crippen molar-refractivity contribution in [3.8, 4) is 0 Å². The molecule has 0 bridgehead atoms.